The van der Waals surface area contributed by atoms with Crippen molar-refractivity contribution in [3.63, 3.8) is 0 Å². The Kier molecular flexibility index (Phi) is 9.69. The van der Waals surface area contributed by atoms with Crippen molar-refractivity contribution >= 4 is 72.2 Å². The maximum absolute atomic E-state index is 10.2. The summed E-state index contributed by atoms with van der Waals surface area (Å²) in [7, 11) is 0.0785. The Hall–Kier alpha value is 1.08. The van der Waals surface area contributed by atoms with Gasteiger partial charge in [0.1, 0.15) is 0 Å². The molecule has 0 fully saturated rings. The molecule has 0 saturated carbocycles. The van der Waals surface area contributed by atoms with E-state index in [-0.39, 0.29) is 56.2 Å². The molecule has 0 radical (unpaired) electrons. The fraction of sp³-hybridized carbons (Fsp3) is 1.00. The number of hydrogen-bond donors (Lipinski definition) is 1. The van der Waals surface area contributed by atoms with Crippen molar-refractivity contribution in [2.24, 2.45) is 0 Å². The molecule has 0 aliphatic heterocycles. The molecule has 0 aromatic heterocycles. The van der Waals surface area contributed by atoms with Gasteiger partial charge in [0, 0.05) is 0 Å². The summed E-state index contributed by atoms with van der Waals surface area (Å²) in [5.41, 5.74) is 0. The monoisotopic (exact) mass is 363 g/mol. The Morgan fingerprint density at radius 2 is 2.25 bits per heavy atom. The van der Waals surface area contributed by atoms with E-state index >= 15 is 0 Å². The predicted octanol–water partition coefficient (Wildman–Crippen LogP) is -1.05. The number of alkyl halides is 1. The normalized spacial score (nSPS) is 13.5. The molecule has 0 amide bonds. The van der Waals surface area contributed by atoms with Gasteiger partial charge in [-0.3, -0.25) is 0 Å². The molecule has 9 heteroatoms. The fourth-order valence-electron chi connectivity index (χ4n) is 0.318. The van der Waals surface area contributed by atoms with Gasteiger partial charge in [-0.25, -0.2) is 0 Å². The van der Waals surface area contributed by atoms with Gasteiger partial charge in [0.25, 0.3) is 0 Å². The number of aliphatic hydroxyl groups is 1. The average Bonchev–Trinajstić information content (AvgIpc) is 2.00. The molecular weight excluding hydrogens is 358 g/mol. The van der Waals surface area contributed by atoms with E-state index in [1.807, 2.05) is 0 Å². The first kappa shape index (κ1) is 15.5. The van der Waals surface area contributed by atoms with Crippen LogP contribution in [0.3, 0.4) is 0 Å². The third-order valence-electron chi connectivity index (χ3n) is 0.942. The van der Waals surface area contributed by atoms with Gasteiger partial charge in [-0.15, -0.1) is 0 Å². The van der Waals surface area contributed by atoms with Crippen LogP contribution in [0.15, 0.2) is 0 Å². The van der Waals surface area contributed by atoms with E-state index in [0.29, 0.717) is 0 Å². The largest absolute Gasteiger partial charge is 2.00 e. The summed E-state index contributed by atoms with van der Waals surface area (Å²) in [6.45, 7) is -1.24. The summed E-state index contributed by atoms with van der Waals surface area (Å²) < 4.78 is 12.0. The second kappa shape index (κ2) is 7.48. The molecule has 1 atom stereocenters. The molecule has 1 N–H and O–H groups in total. The average molecular weight is 363 g/mol. The van der Waals surface area contributed by atoms with Gasteiger partial charge in [0.15, 0.2) is 0 Å². The van der Waals surface area contributed by atoms with Gasteiger partial charge < -0.3 is 0 Å². The Balaban J connectivity index is 0. The smallest absolute Gasteiger partial charge is 2.00 e. The van der Waals surface area contributed by atoms with Gasteiger partial charge in [-0.1, -0.05) is 0 Å². The number of hydrogen-bond acceptors (Lipinski definition) is 5. The second-order valence-electron chi connectivity index (χ2n) is 1.74. The summed E-state index contributed by atoms with van der Waals surface area (Å²) in [5.74, 6) is 0. The molecular formula is C3H5BBaBrNO5+2. The van der Waals surface area contributed by atoms with Crippen LogP contribution >= 0.6 is 15.9 Å². The third kappa shape index (κ3) is 4.95. The van der Waals surface area contributed by atoms with Gasteiger partial charge in [0.05, 0.1) is 0 Å². The Morgan fingerprint density at radius 3 is 2.50 bits per heavy atom. The molecule has 0 heterocycles. The summed E-state index contributed by atoms with van der Waals surface area (Å²) in [4.78, 5) is 9.39. The number of halogens is 1. The minimum absolute atomic E-state index is 0. The molecule has 0 saturated heterocycles. The molecule has 0 bridgehead atoms. The molecule has 0 aromatic carbocycles. The van der Waals surface area contributed by atoms with Crippen LogP contribution in [0.5, 0.6) is 0 Å². The van der Waals surface area contributed by atoms with Crippen LogP contribution < -0.4 is 0 Å². The van der Waals surface area contributed by atoms with E-state index in [1.54, 1.807) is 0 Å². The first-order valence-electron chi connectivity index (χ1n) is 2.56. The maximum atomic E-state index is 10.2. The number of aliphatic hydroxyl groups excluding tert-OH is 1. The molecule has 0 aromatic rings. The van der Waals surface area contributed by atoms with Crippen LogP contribution in [0, 0.1) is 10.1 Å². The van der Waals surface area contributed by atoms with Crippen LogP contribution in [0.1, 0.15) is 0 Å². The van der Waals surface area contributed by atoms with Crippen LogP contribution in [-0.2, 0) is 9.36 Å². The fourth-order valence-corrected chi connectivity index (χ4v) is 0.450. The van der Waals surface area contributed by atoms with Gasteiger partial charge in [0.2, 0.25) is 0 Å². The van der Waals surface area contributed by atoms with Crippen molar-refractivity contribution < 1.29 is 19.4 Å². The van der Waals surface area contributed by atoms with E-state index in [9.17, 15) is 14.8 Å². The van der Waals surface area contributed by atoms with Crippen molar-refractivity contribution in [1.29, 1.82) is 0 Å². The van der Waals surface area contributed by atoms with E-state index in [4.69, 9.17) is 5.11 Å². The molecule has 0 aliphatic rings. The number of nitro groups is 1. The summed E-state index contributed by atoms with van der Waals surface area (Å²) in [6.07, 6.45) is 0. The van der Waals surface area contributed by atoms with Gasteiger partial charge in [-0.2, -0.15) is 0 Å². The zero-order chi connectivity index (χ0) is 8.91. The second-order valence-corrected chi connectivity index (χ2v) is 3.22. The van der Waals surface area contributed by atoms with Crippen molar-refractivity contribution in [2.45, 2.75) is 4.45 Å². The van der Waals surface area contributed by atoms with Gasteiger partial charge >= 0.3 is 119 Å². The third-order valence-corrected chi connectivity index (χ3v) is 1.71. The van der Waals surface area contributed by atoms with Crippen LogP contribution in [0.4, 0.5) is 0 Å². The van der Waals surface area contributed by atoms with E-state index in [1.165, 1.54) is 0 Å². The molecule has 6 nitrogen and oxygen atoms in total. The SMILES string of the molecule is O=BOCC(Br)(CO)[N+](=O)[O-].[Ba+2]. The molecule has 12 heavy (non-hydrogen) atoms. The van der Waals surface area contributed by atoms with Crippen molar-refractivity contribution in [2.75, 3.05) is 13.2 Å². The predicted molar refractivity (Wildman–Crippen MR) is 43.9 cm³/mol. The van der Waals surface area contributed by atoms with Crippen LogP contribution in [0.25, 0.3) is 0 Å². The topological polar surface area (TPSA) is 89.7 Å². The summed E-state index contributed by atoms with van der Waals surface area (Å²) >= 11 is 2.62. The zero-order valence-corrected chi connectivity index (χ0v) is 12.1. The molecule has 0 aliphatic carbocycles. The van der Waals surface area contributed by atoms with E-state index in [2.05, 4.69) is 20.6 Å². The minimum atomic E-state index is -1.77. The Labute approximate surface area is 118 Å². The first-order valence-corrected chi connectivity index (χ1v) is 3.35. The quantitative estimate of drug-likeness (QED) is 0.221. The van der Waals surface area contributed by atoms with Crippen LogP contribution in [-0.4, -0.2) is 83.9 Å². The minimum Gasteiger partial charge on any atom is 2.00 e. The van der Waals surface area contributed by atoms with Crippen molar-refractivity contribution in [3.05, 3.63) is 10.1 Å². The summed E-state index contributed by atoms with van der Waals surface area (Å²) in [5, 5.41) is 18.7. The standard InChI is InChI=1S/C3H5BBrNO5.Ba/c5-3(1-7,6(9)10)2-11-4-8;/h7H,1-2H2;/q;+2. The Morgan fingerprint density at radius 1 is 1.75 bits per heavy atom. The van der Waals surface area contributed by atoms with Crippen LogP contribution in [0.2, 0.25) is 0 Å². The number of nitrogens with zero attached hydrogens (tertiary/aromatic N) is 1. The Bertz CT molecular complexity index is 171. The molecule has 0 spiro atoms. The first-order chi connectivity index (χ1) is 5.06. The van der Waals surface area contributed by atoms with E-state index < -0.39 is 22.6 Å². The molecule has 0 rings (SSSR count). The summed E-state index contributed by atoms with van der Waals surface area (Å²) in [6, 6.07) is 0. The zero-order valence-electron chi connectivity index (χ0n) is 6.10. The van der Waals surface area contributed by atoms with Crippen molar-refractivity contribution in [1.82, 2.24) is 0 Å². The molecule has 62 valence electrons. The number of rotatable bonds is 5. The van der Waals surface area contributed by atoms with Gasteiger partial charge in [-0.05, 0) is 0 Å². The van der Waals surface area contributed by atoms with E-state index in [0.717, 1.165) is 0 Å². The molecule has 1 unspecified atom stereocenters. The maximum Gasteiger partial charge on any atom is 2.00 e. The van der Waals surface area contributed by atoms with Crippen molar-refractivity contribution in [3.8, 4) is 0 Å².